The third-order valence-corrected chi connectivity index (χ3v) is 4.83. The summed E-state index contributed by atoms with van der Waals surface area (Å²) in [5, 5.41) is 3.42. The maximum Gasteiger partial charge on any atom is 0.287 e. The predicted molar refractivity (Wildman–Crippen MR) is 101 cm³/mol. The van der Waals surface area contributed by atoms with Gasteiger partial charge in [-0.3, -0.25) is 9.59 Å². The number of anilines is 1. The maximum absolute atomic E-state index is 13.3. The van der Waals surface area contributed by atoms with Crippen molar-refractivity contribution in [2.45, 2.75) is 16.3 Å². The highest BCUT2D eigenvalue weighted by Crippen LogP contribution is 2.33. The monoisotopic (exact) mass is 388 g/mol. The van der Waals surface area contributed by atoms with Gasteiger partial charge < -0.3 is 9.88 Å². The Morgan fingerprint density at radius 1 is 1.08 bits per heavy atom. The van der Waals surface area contributed by atoms with E-state index in [1.54, 1.807) is 24.3 Å². The molecule has 0 radical (unpaired) electrons. The van der Waals surface area contributed by atoms with Gasteiger partial charge in [0.05, 0.1) is 5.69 Å². The van der Waals surface area contributed by atoms with E-state index < -0.39 is 17.3 Å². The van der Waals surface area contributed by atoms with Gasteiger partial charge in [-0.25, -0.2) is 4.39 Å². The van der Waals surface area contributed by atoms with Crippen LogP contribution in [-0.4, -0.2) is 10.5 Å². The van der Waals surface area contributed by atoms with Crippen molar-refractivity contribution >= 4 is 35.0 Å². The Balaban J connectivity index is 1.75. The Hall–Kier alpha value is -2.57. The molecular formula is C19H14ClFN2O2S. The number of carbonyl (C=O) groups excluding carboxylic acids is 1. The van der Waals surface area contributed by atoms with Gasteiger partial charge in [-0.1, -0.05) is 35.5 Å². The lowest BCUT2D eigenvalue weighted by molar-refractivity contribution is -0.116. The number of nitrogens with one attached hydrogen (secondary N) is 1. The summed E-state index contributed by atoms with van der Waals surface area (Å²) in [5.74, 6) is -1.30. The second-order valence-electron chi connectivity index (χ2n) is 5.39. The van der Waals surface area contributed by atoms with Gasteiger partial charge in [-0.2, -0.15) is 0 Å². The molecule has 4 nitrogen and oxygen atoms in total. The summed E-state index contributed by atoms with van der Waals surface area (Å²) in [6.07, 6.45) is 1.37. The summed E-state index contributed by atoms with van der Waals surface area (Å²) in [4.78, 5) is 25.8. The number of hydrogen-bond acceptors (Lipinski definition) is 3. The van der Waals surface area contributed by atoms with E-state index in [2.05, 4.69) is 5.32 Å². The van der Waals surface area contributed by atoms with Crippen molar-refractivity contribution in [3.63, 3.8) is 0 Å². The van der Waals surface area contributed by atoms with Crippen molar-refractivity contribution in [3.05, 3.63) is 88.1 Å². The highest BCUT2D eigenvalue weighted by molar-refractivity contribution is 7.99. The Bertz CT molecular complexity index is 989. The van der Waals surface area contributed by atoms with E-state index in [-0.39, 0.29) is 6.54 Å². The van der Waals surface area contributed by atoms with E-state index in [1.807, 2.05) is 24.3 Å². The van der Waals surface area contributed by atoms with Gasteiger partial charge in [0, 0.05) is 21.0 Å². The van der Waals surface area contributed by atoms with Crippen LogP contribution in [0.1, 0.15) is 0 Å². The quantitative estimate of drug-likeness (QED) is 0.703. The smallest absolute Gasteiger partial charge is 0.287 e. The summed E-state index contributed by atoms with van der Waals surface area (Å²) < 4.78 is 14.3. The Morgan fingerprint density at radius 2 is 1.81 bits per heavy atom. The zero-order chi connectivity index (χ0) is 18.5. The molecule has 2 aromatic carbocycles. The zero-order valence-corrected chi connectivity index (χ0v) is 15.1. The number of pyridine rings is 1. The highest BCUT2D eigenvalue weighted by atomic mass is 35.5. The van der Waals surface area contributed by atoms with Crippen LogP contribution in [-0.2, 0) is 11.3 Å². The Morgan fingerprint density at radius 3 is 2.58 bits per heavy atom. The lowest BCUT2D eigenvalue weighted by atomic mass is 10.3. The van der Waals surface area contributed by atoms with Crippen LogP contribution in [0.4, 0.5) is 10.1 Å². The number of aromatic nitrogens is 1. The molecule has 0 aliphatic carbocycles. The van der Waals surface area contributed by atoms with Gasteiger partial charge in [0.25, 0.3) is 5.56 Å². The molecule has 0 saturated carbocycles. The minimum atomic E-state index is -0.890. The average Bonchev–Trinajstić information content (AvgIpc) is 2.62. The average molecular weight is 389 g/mol. The Labute approximate surface area is 158 Å². The van der Waals surface area contributed by atoms with Crippen molar-refractivity contribution in [2.75, 3.05) is 5.32 Å². The summed E-state index contributed by atoms with van der Waals surface area (Å²) in [6, 6.07) is 17.1. The van der Waals surface area contributed by atoms with Gasteiger partial charge in [-0.05, 0) is 48.5 Å². The Kier molecular flexibility index (Phi) is 5.75. The fraction of sp³-hybridized carbons (Fsp3) is 0.0526. The molecule has 26 heavy (non-hydrogen) atoms. The van der Waals surface area contributed by atoms with Crippen LogP contribution in [0.5, 0.6) is 0 Å². The number of hydrogen-bond donors (Lipinski definition) is 1. The van der Waals surface area contributed by atoms with E-state index in [9.17, 15) is 14.0 Å². The molecule has 1 heterocycles. The van der Waals surface area contributed by atoms with E-state index in [1.165, 1.54) is 24.0 Å². The number of benzene rings is 2. The number of para-hydroxylation sites is 1. The maximum atomic E-state index is 13.3. The van der Waals surface area contributed by atoms with Crippen molar-refractivity contribution in [3.8, 4) is 0 Å². The molecule has 0 aliphatic rings. The van der Waals surface area contributed by atoms with Crippen molar-refractivity contribution in [2.24, 2.45) is 0 Å². The van der Waals surface area contributed by atoms with E-state index >= 15 is 0 Å². The fourth-order valence-electron chi connectivity index (χ4n) is 2.27. The molecule has 3 rings (SSSR count). The first-order valence-corrected chi connectivity index (χ1v) is 8.89. The zero-order valence-electron chi connectivity index (χ0n) is 13.5. The number of nitrogens with zero attached hydrogens (tertiary/aromatic N) is 1. The normalized spacial score (nSPS) is 10.5. The molecule has 3 aromatic rings. The first kappa shape index (κ1) is 18.2. The summed E-state index contributed by atoms with van der Waals surface area (Å²) in [7, 11) is 0. The van der Waals surface area contributed by atoms with Crippen LogP contribution in [0.15, 0.2) is 81.4 Å². The lowest BCUT2D eigenvalue weighted by Gasteiger charge is -2.11. The molecule has 1 aromatic heterocycles. The van der Waals surface area contributed by atoms with Gasteiger partial charge in [0.2, 0.25) is 5.91 Å². The van der Waals surface area contributed by atoms with Crippen molar-refractivity contribution in [1.29, 1.82) is 0 Å². The van der Waals surface area contributed by atoms with Crippen LogP contribution < -0.4 is 10.9 Å². The third-order valence-electron chi connectivity index (χ3n) is 3.49. The largest absolute Gasteiger partial charge is 0.324 e. The van der Waals surface area contributed by atoms with Gasteiger partial charge >= 0.3 is 0 Å². The number of carbonyl (C=O) groups is 1. The third kappa shape index (κ3) is 4.53. The van der Waals surface area contributed by atoms with Crippen molar-refractivity contribution < 1.29 is 9.18 Å². The molecule has 7 heteroatoms. The molecule has 1 N–H and O–H groups in total. The molecule has 0 spiro atoms. The molecule has 0 unspecified atom stereocenters. The topological polar surface area (TPSA) is 51.1 Å². The molecule has 132 valence electrons. The molecule has 0 saturated heterocycles. The lowest BCUT2D eigenvalue weighted by Crippen LogP contribution is -2.28. The van der Waals surface area contributed by atoms with E-state index in [0.29, 0.717) is 10.7 Å². The highest BCUT2D eigenvalue weighted by Gasteiger charge is 2.10. The van der Waals surface area contributed by atoms with Gasteiger partial charge in [0.1, 0.15) is 6.54 Å². The molecule has 1 amide bonds. The first-order chi connectivity index (χ1) is 12.5. The van der Waals surface area contributed by atoms with Gasteiger partial charge in [0.15, 0.2) is 5.82 Å². The molecule has 0 atom stereocenters. The van der Waals surface area contributed by atoms with Crippen LogP contribution in [0.25, 0.3) is 0 Å². The fourth-order valence-corrected chi connectivity index (χ4v) is 3.29. The second-order valence-corrected chi connectivity index (χ2v) is 6.94. The van der Waals surface area contributed by atoms with Crippen LogP contribution in [0.3, 0.4) is 0 Å². The predicted octanol–water partition coefficient (Wildman–Crippen LogP) is 4.43. The van der Waals surface area contributed by atoms with Crippen LogP contribution in [0.2, 0.25) is 5.02 Å². The molecule has 0 fully saturated rings. The summed E-state index contributed by atoms with van der Waals surface area (Å²) in [6.45, 7) is -0.267. The van der Waals surface area contributed by atoms with Gasteiger partial charge in [-0.15, -0.1) is 0 Å². The van der Waals surface area contributed by atoms with Crippen LogP contribution >= 0.6 is 23.4 Å². The first-order valence-electron chi connectivity index (χ1n) is 7.70. The minimum absolute atomic E-state index is 0.267. The number of halogens is 2. The molecule has 0 bridgehead atoms. The summed E-state index contributed by atoms with van der Waals surface area (Å²) >= 11 is 7.37. The molecule has 0 aliphatic heterocycles. The van der Waals surface area contributed by atoms with Crippen molar-refractivity contribution in [1.82, 2.24) is 4.57 Å². The van der Waals surface area contributed by atoms with Crippen LogP contribution in [0, 0.1) is 5.82 Å². The SMILES string of the molecule is O=C(Cn1cccc(F)c1=O)Nc1ccccc1Sc1ccc(Cl)cc1. The minimum Gasteiger partial charge on any atom is -0.324 e. The van der Waals surface area contributed by atoms with E-state index in [0.717, 1.165) is 20.4 Å². The number of rotatable bonds is 5. The number of amides is 1. The molecular weight excluding hydrogens is 375 g/mol. The summed E-state index contributed by atoms with van der Waals surface area (Å²) in [5.41, 5.74) is -0.214. The standard InChI is InChI=1S/C19H14ClFN2O2S/c20-13-7-9-14(10-8-13)26-17-6-2-1-5-16(17)22-18(24)12-23-11-3-4-15(21)19(23)25/h1-11H,12H2,(H,22,24). The van der Waals surface area contributed by atoms with E-state index in [4.69, 9.17) is 11.6 Å². The second kappa shape index (κ2) is 8.21.